The second-order valence-electron chi connectivity index (χ2n) is 4.00. The van der Waals surface area contributed by atoms with Gasteiger partial charge in [-0.05, 0) is 32.0 Å². The van der Waals surface area contributed by atoms with Crippen molar-refractivity contribution in [3.05, 3.63) is 40.8 Å². The fraction of sp³-hybridized carbons (Fsp3) is 0.231. The van der Waals surface area contributed by atoms with E-state index in [0.29, 0.717) is 17.5 Å². The van der Waals surface area contributed by atoms with Gasteiger partial charge in [0.2, 0.25) is 5.95 Å². The van der Waals surface area contributed by atoms with Crippen molar-refractivity contribution in [1.82, 2.24) is 9.97 Å². The lowest BCUT2D eigenvalue weighted by Gasteiger charge is -2.09. The summed E-state index contributed by atoms with van der Waals surface area (Å²) in [6.07, 6.45) is 0. The molecule has 0 saturated heterocycles. The van der Waals surface area contributed by atoms with Crippen molar-refractivity contribution in [3.63, 3.8) is 0 Å². The molecule has 1 aromatic carbocycles. The van der Waals surface area contributed by atoms with Crippen molar-refractivity contribution >= 4 is 29.1 Å². The molecule has 0 radical (unpaired) electrons. The van der Waals surface area contributed by atoms with E-state index in [0.717, 1.165) is 12.2 Å². The molecule has 1 heterocycles. The monoisotopic (exact) mass is 280 g/mol. The van der Waals surface area contributed by atoms with Crippen LogP contribution in [0.5, 0.6) is 0 Å². The van der Waals surface area contributed by atoms with Crippen molar-refractivity contribution in [2.45, 2.75) is 13.8 Å². The Morgan fingerprint density at radius 1 is 1.26 bits per heavy atom. The van der Waals surface area contributed by atoms with Crippen LogP contribution in [0.3, 0.4) is 0 Å². The van der Waals surface area contributed by atoms with Gasteiger partial charge in [-0.3, -0.25) is 0 Å². The smallest absolute Gasteiger partial charge is 0.224 e. The highest BCUT2D eigenvalue weighted by Gasteiger charge is 2.04. The molecule has 0 bridgehead atoms. The van der Waals surface area contributed by atoms with Gasteiger partial charge in [-0.25, -0.2) is 9.37 Å². The van der Waals surface area contributed by atoms with Crippen LogP contribution in [-0.4, -0.2) is 16.5 Å². The van der Waals surface area contributed by atoms with Crippen molar-refractivity contribution in [2.75, 3.05) is 17.2 Å². The van der Waals surface area contributed by atoms with Crippen molar-refractivity contribution in [2.24, 2.45) is 0 Å². The van der Waals surface area contributed by atoms with Crippen LogP contribution in [0.15, 0.2) is 24.3 Å². The van der Waals surface area contributed by atoms with E-state index in [1.54, 1.807) is 12.1 Å². The molecule has 4 nitrogen and oxygen atoms in total. The molecule has 6 heteroatoms. The zero-order valence-corrected chi connectivity index (χ0v) is 11.4. The SMILES string of the molecule is CCNc1nc(C)cc(Nc2ccc(F)c(Cl)c2)n1. The number of aromatic nitrogens is 2. The summed E-state index contributed by atoms with van der Waals surface area (Å²) in [5, 5.41) is 6.19. The third kappa shape index (κ3) is 3.54. The van der Waals surface area contributed by atoms with Crippen LogP contribution in [0.1, 0.15) is 12.6 Å². The Hall–Kier alpha value is -1.88. The highest BCUT2D eigenvalue weighted by atomic mass is 35.5. The molecular formula is C13H14ClFN4. The Balaban J connectivity index is 2.24. The molecule has 1 aromatic heterocycles. The van der Waals surface area contributed by atoms with E-state index in [2.05, 4.69) is 20.6 Å². The molecule has 0 saturated carbocycles. The van der Waals surface area contributed by atoms with E-state index in [9.17, 15) is 4.39 Å². The predicted molar refractivity (Wildman–Crippen MR) is 75.6 cm³/mol. The number of hydrogen-bond donors (Lipinski definition) is 2. The van der Waals surface area contributed by atoms with E-state index >= 15 is 0 Å². The number of hydrogen-bond acceptors (Lipinski definition) is 4. The summed E-state index contributed by atoms with van der Waals surface area (Å²) >= 11 is 5.73. The number of nitrogens with one attached hydrogen (secondary N) is 2. The van der Waals surface area contributed by atoms with Gasteiger partial charge in [-0.1, -0.05) is 11.6 Å². The van der Waals surface area contributed by atoms with Crippen LogP contribution >= 0.6 is 11.6 Å². The van der Waals surface area contributed by atoms with Crippen LogP contribution in [0.25, 0.3) is 0 Å². The second kappa shape index (κ2) is 5.84. The first-order chi connectivity index (χ1) is 9.08. The fourth-order valence-electron chi connectivity index (χ4n) is 1.59. The maximum atomic E-state index is 13.1. The largest absolute Gasteiger partial charge is 0.354 e. The van der Waals surface area contributed by atoms with Crippen LogP contribution in [0.2, 0.25) is 5.02 Å². The van der Waals surface area contributed by atoms with Crippen molar-refractivity contribution < 1.29 is 4.39 Å². The van der Waals surface area contributed by atoms with Crippen LogP contribution < -0.4 is 10.6 Å². The molecule has 0 aliphatic rings. The summed E-state index contributed by atoms with van der Waals surface area (Å²) < 4.78 is 13.1. The molecule has 19 heavy (non-hydrogen) atoms. The molecule has 0 spiro atoms. The topological polar surface area (TPSA) is 49.8 Å². The third-order valence-electron chi connectivity index (χ3n) is 2.38. The van der Waals surface area contributed by atoms with Crippen LogP contribution in [0, 0.1) is 12.7 Å². The Bertz CT molecular complexity index is 589. The third-order valence-corrected chi connectivity index (χ3v) is 2.67. The minimum absolute atomic E-state index is 0.0719. The van der Waals surface area contributed by atoms with E-state index in [-0.39, 0.29) is 5.02 Å². The minimum atomic E-state index is -0.445. The number of nitrogens with zero attached hydrogens (tertiary/aromatic N) is 2. The molecule has 2 rings (SSSR count). The molecule has 0 atom stereocenters. The van der Waals surface area contributed by atoms with E-state index < -0.39 is 5.82 Å². The molecule has 2 N–H and O–H groups in total. The number of aryl methyl sites for hydroxylation is 1. The Labute approximate surface area is 116 Å². The van der Waals surface area contributed by atoms with E-state index in [1.165, 1.54) is 12.1 Å². The number of halogens is 2. The van der Waals surface area contributed by atoms with Crippen LogP contribution in [0.4, 0.5) is 21.8 Å². The van der Waals surface area contributed by atoms with E-state index in [4.69, 9.17) is 11.6 Å². The zero-order chi connectivity index (χ0) is 13.8. The molecule has 100 valence electrons. The number of benzene rings is 1. The highest BCUT2D eigenvalue weighted by Crippen LogP contribution is 2.22. The minimum Gasteiger partial charge on any atom is -0.354 e. The number of rotatable bonds is 4. The normalized spacial score (nSPS) is 10.3. The van der Waals surface area contributed by atoms with Gasteiger partial charge in [0.05, 0.1) is 5.02 Å². The van der Waals surface area contributed by atoms with Gasteiger partial charge < -0.3 is 10.6 Å². The molecule has 0 fully saturated rings. The maximum absolute atomic E-state index is 13.1. The maximum Gasteiger partial charge on any atom is 0.224 e. The fourth-order valence-corrected chi connectivity index (χ4v) is 1.77. The summed E-state index contributed by atoms with van der Waals surface area (Å²) in [4.78, 5) is 8.55. The summed E-state index contributed by atoms with van der Waals surface area (Å²) in [6, 6.07) is 6.23. The molecular weight excluding hydrogens is 267 g/mol. The molecule has 0 aliphatic carbocycles. The number of anilines is 3. The Morgan fingerprint density at radius 2 is 2.05 bits per heavy atom. The van der Waals surface area contributed by atoms with Gasteiger partial charge in [-0.15, -0.1) is 0 Å². The van der Waals surface area contributed by atoms with Gasteiger partial charge >= 0.3 is 0 Å². The van der Waals surface area contributed by atoms with Crippen LogP contribution in [-0.2, 0) is 0 Å². The quantitative estimate of drug-likeness (QED) is 0.895. The molecule has 0 aliphatic heterocycles. The molecule has 0 unspecified atom stereocenters. The van der Waals surface area contributed by atoms with Gasteiger partial charge in [0, 0.05) is 24.0 Å². The first-order valence-electron chi connectivity index (χ1n) is 5.90. The average molecular weight is 281 g/mol. The lowest BCUT2D eigenvalue weighted by atomic mass is 10.3. The van der Waals surface area contributed by atoms with Gasteiger partial charge in [-0.2, -0.15) is 4.98 Å². The van der Waals surface area contributed by atoms with Crippen molar-refractivity contribution in [3.8, 4) is 0 Å². The van der Waals surface area contributed by atoms with E-state index in [1.807, 2.05) is 13.8 Å². The summed E-state index contributed by atoms with van der Waals surface area (Å²) in [5.74, 6) is 0.740. The summed E-state index contributed by atoms with van der Waals surface area (Å²) in [5.41, 5.74) is 1.51. The van der Waals surface area contributed by atoms with Gasteiger partial charge in [0.15, 0.2) is 0 Å². The molecule has 0 amide bonds. The lowest BCUT2D eigenvalue weighted by Crippen LogP contribution is -2.05. The first-order valence-corrected chi connectivity index (χ1v) is 6.28. The lowest BCUT2D eigenvalue weighted by molar-refractivity contribution is 0.628. The average Bonchev–Trinajstić information content (AvgIpc) is 2.33. The Kier molecular flexibility index (Phi) is 4.16. The Morgan fingerprint density at radius 3 is 2.74 bits per heavy atom. The zero-order valence-electron chi connectivity index (χ0n) is 10.7. The summed E-state index contributed by atoms with van der Waals surface area (Å²) in [7, 11) is 0. The summed E-state index contributed by atoms with van der Waals surface area (Å²) in [6.45, 7) is 4.59. The first kappa shape index (κ1) is 13.5. The predicted octanol–water partition coefficient (Wildman–Crippen LogP) is 3.75. The van der Waals surface area contributed by atoms with Crippen molar-refractivity contribution in [1.29, 1.82) is 0 Å². The molecule has 2 aromatic rings. The standard InChI is InChI=1S/C13H14ClFN4/c1-3-16-13-17-8(2)6-12(19-13)18-9-4-5-11(15)10(14)7-9/h4-7H,3H2,1-2H3,(H2,16,17,18,19). The van der Waals surface area contributed by atoms with Gasteiger partial charge in [0.1, 0.15) is 11.6 Å². The van der Waals surface area contributed by atoms with Gasteiger partial charge in [0.25, 0.3) is 0 Å². The second-order valence-corrected chi connectivity index (χ2v) is 4.41. The highest BCUT2D eigenvalue weighted by molar-refractivity contribution is 6.31.